The normalized spacial score (nSPS) is 37.9. The lowest BCUT2D eigenvalue weighted by Crippen LogP contribution is -2.18. The molecule has 2 atom stereocenters. The summed E-state index contributed by atoms with van der Waals surface area (Å²) in [6.45, 7) is 7.21. The molecule has 0 spiro atoms. The Morgan fingerprint density at radius 3 is 2.64 bits per heavy atom. The number of hydrogen-bond donors (Lipinski definition) is 0. The highest BCUT2D eigenvalue weighted by atomic mass is 14.4. The van der Waals surface area contributed by atoms with Crippen LogP contribution in [-0.4, -0.2) is 0 Å². The van der Waals surface area contributed by atoms with Crippen molar-refractivity contribution in [2.24, 2.45) is 11.3 Å². The van der Waals surface area contributed by atoms with E-state index in [0.29, 0.717) is 5.41 Å². The van der Waals surface area contributed by atoms with E-state index in [-0.39, 0.29) is 0 Å². The summed E-state index contributed by atoms with van der Waals surface area (Å²) in [5.74, 6) is 0.981. The van der Waals surface area contributed by atoms with Crippen molar-refractivity contribution in [3.05, 3.63) is 0 Å². The third kappa shape index (κ3) is 1.98. The van der Waals surface area contributed by atoms with Gasteiger partial charge in [-0.2, -0.15) is 0 Å². The quantitative estimate of drug-likeness (QED) is 0.576. The molecule has 0 heteroatoms. The first-order valence-corrected chi connectivity index (χ1v) is 5.19. The highest BCUT2D eigenvalue weighted by Crippen LogP contribution is 2.46. The Morgan fingerprint density at radius 1 is 1.45 bits per heavy atom. The molecule has 1 saturated carbocycles. The van der Waals surface area contributed by atoms with Crippen molar-refractivity contribution < 1.29 is 0 Å². The van der Waals surface area contributed by atoms with Gasteiger partial charge in [0.25, 0.3) is 0 Å². The van der Waals surface area contributed by atoms with Crippen LogP contribution < -0.4 is 0 Å². The molecule has 0 aromatic carbocycles. The van der Waals surface area contributed by atoms with E-state index in [0.717, 1.165) is 5.92 Å². The zero-order valence-electron chi connectivity index (χ0n) is 8.32. The molecular formula is C11H22. The highest BCUT2D eigenvalue weighted by molar-refractivity contribution is 4.85. The van der Waals surface area contributed by atoms with Gasteiger partial charge in [0.1, 0.15) is 0 Å². The predicted molar refractivity (Wildman–Crippen MR) is 50.6 cm³/mol. The van der Waals surface area contributed by atoms with E-state index < -0.39 is 0 Å². The molecule has 0 bridgehead atoms. The second-order valence-corrected chi connectivity index (χ2v) is 4.55. The van der Waals surface area contributed by atoms with E-state index >= 15 is 0 Å². The topological polar surface area (TPSA) is 0 Å². The van der Waals surface area contributed by atoms with Gasteiger partial charge in [-0.1, -0.05) is 46.5 Å². The van der Waals surface area contributed by atoms with Crippen LogP contribution in [0.2, 0.25) is 0 Å². The Kier molecular flexibility index (Phi) is 2.98. The maximum atomic E-state index is 2.49. The average Bonchev–Trinajstić information content (AvgIpc) is 2.30. The first-order chi connectivity index (χ1) is 5.19. The number of unbranched alkanes of at least 4 members (excludes halogenated alkanes) is 1. The van der Waals surface area contributed by atoms with Gasteiger partial charge in [-0.05, 0) is 24.2 Å². The van der Waals surface area contributed by atoms with Crippen molar-refractivity contribution in [2.75, 3.05) is 0 Å². The Bertz CT molecular complexity index is 117. The highest BCUT2D eigenvalue weighted by Gasteiger charge is 2.34. The summed E-state index contributed by atoms with van der Waals surface area (Å²) >= 11 is 0. The van der Waals surface area contributed by atoms with Crippen LogP contribution in [0.5, 0.6) is 0 Å². The summed E-state index contributed by atoms with van der Waals surface area (Å²) < 4.78 is 0. The summed E-state index contributed by atoms with van der Waals surface area (Å²) in [5, 5.41) is 0. The minimum absolute atomic E-state index is 0.704. The molecule has 1 fully saturated rings. The minimum Gasteiger partial charge on any atom is -0.0654 e. The van der Waals surface area contributed by atoms with Gasteiger partial charge in [0.15, 0.2) is 0 Å². The molecule has 1 aliphatic rings. The van der Waals surface area contributed by atoms with Gasteiger partial charge in [0.2, 0.25) is 0 Å². The van der Waals surface area contributed by atoms with Crippen molar-refractivity contribution in [1.29, 1.82) is 0 Å². The Labute approximate surface area is 71.4 Å². The third-order valence-electron chi connectivity index (χ3n) is 3.68. The van der Waals surface area contributed by atoms with Crippen LogP contribution in [0.25, 0.3) is 0 Å². The summed E-state index contributed by atoms with van der Waals surface area (Å²) in [7, 11) is 0. The molecule has 2 unspecified atom stereocenters. The molecule has 1 rings (SSSR count). The third-order valence-corrected chi connectivity index (χ3v) is 3.68. The molecule has 0 radical (unpaired) electrons. The van der Waals surface area contributed by atoms with Crippen LogP contribution in [-0.2, 0) is 0 Å². The van der Waals surface area contributed by atoms with E-state index in [2.05, 4.69) is 20.8 Å². The first kappa shape index (κ1) is 9.09. The molecular weight excluding hydrogens is 132 g/mol. The predicted octanol–water partition coefficient (Wildman–Crippen LogP) is 4.00. The van der Waals surface area contributed by atoms with Gasteiger partial charge < -0.3 is 0 Å². The van der Waals surface area contributed by atoms with Gasteiger partial charge in [0, 0.05) is 0 Å². The van der Waals surface area contributed by atoms with Gasteiger partial charge >= 0.3 is 0 Å². The van der Waals surface area contributed by atoms with Crippen LogP contribution in [0.15, 0.2) is 0 Å². The first-order valence-electron chi connectivity index (χ1n) is 5.19. The fraction of sp³-hybridized carbons (Fsp3) is 1.00. The van der Waals surface area contributed by atoms with Crippen molar-refractivity contribution >= 4 is 0 Å². The molecule has 0 aromatic heterocycles. The molecule has 0 nitrogen and oxygen atoms in total. The summed E-state index contributed by atoms with van der Waals surface area (Å²) in [6, 6.07) is 0. The van der Waals surface area contributed by atoms with Crippen LogP contribution in [0.4, 0.5) is 0 Å². The van der Waals surface area contributed by atoms with Gasteiger partial charge in [-0.15, -0.1) is 0 Å². The van der Waals surface area contributed by atoms with E-state index in [1.54, 1.807) is 0 Å². The maximum Gasteiger partial charge on any atom is -0.0300 e. The lowest BCUT2D eigenvalue weighted by atomic mass is 9.77. The monoisotopic (exact) mass is 154 g/mol. The molecule has 1 aliphatic carbocycles. The van der Waals surface area contributed by atoms with E-state index in [1.807, 2.05) is 0 Å². The zero-order chi connectivity index (χ0) is 8.32. The number of hydrogen-bond acceptors (Lipinski definition) is 0. The fourth-order valence-corrected chi connectivity index (χ4v) is 2.36. The molecule has 0 heterocycles. The molecule has 0 aliphatic heterocycles. The Morgan fingerprint density at radius 2 is 2.18 bits per heavy atom. The van der Waals surface area contributed by atoms with E-state index in [9.17, 15) is 0 Å². The zero-order valence-corrected chi connectivity index (χ0v) is 8.32. The SMILES string of the molecule is CCCCC1(C)CCCC1C. The average molecular weight is 154 g/mol. The summed E-state index contributed by atoms with van der Waals surface area (Å²) in [6.07, 6.45) is 8.68. The van der Waals surface area contributed by atoms with Crippen molar-refractivity contribution in [1.82, 2.24) is 0 Å². The molecule has 0 saturated heterocycles. The van der Waals surface area contributed by atoms with Gasteiger partial charge in [-0.25, -0.2) is 0 Å². The molecule has 11 heavy (non-hydrogen) atoms. The van der Waals surface area contributed by atoms with Crippen molar-refractivity contribution in [3.63, 3.8) is 0 Å². The van der Waals surface area contributed by atoms with Crippen LogP contribution in [0, 0.1) is 11.3 Å². The second-order valence-electron chi connectivity index (χ2n) is 4.55. The Hall–Kier alpha value is 0. The van der Waals surface area contributed by atoms with Crippen molar-refractivity contribution in [2.45, 2.75) is 59.3 Å². The number of rotatable bonds is 3. The second kappa shape index (κ2) is 3.60. The Balaban J connectivity index is 2.38. The van der Waals surface area contributed by atoms with E-state index in [1.165, 1.54) is 38.5 Å². The minimum atomic E-state index is 0.704. The van der Waals surface area contributed by atoms with Crippen molar-refractivity contribution in [3.8, 4) is 0 Å². The standard InChI is InChI=1S/C11H22/c1-4-5-8-11(3)9-6-7-10(11)2/h10H,4-9H2,1-3H3. The van der Waals surface area contributed by atoms with Crippen LogP contribution >= 0.6 is 0 Å². The largest absolute Gasteiger partial charge is 0.0654 e. The van der Waals surface area contributed by atoms with Gasteiger partial charge in [-0.3, -0.25) is 0 Å². The lowest BCUT2D eigenvalue weighted by molar-refractivity contribution is 0.219. The molecule has 0 aromatic rings. The van der Waals surface area contributed by atoms with Crippen LogP contribution in [0.1, 0.15) is 59.3 Å². The fourth-order valence-electron chi connectivity index (χ4n) is 2.36. The van der Waals surface area contributed by atoms with E-state index in [4.69, 9.17) is 0 Å². The summed E-state index contributed by atoms with van der Waals surface area (Å²) in [5.41, 5.74) is 0.704. The molecule has 0 N–H and O–H groups in total. The van der Waals surface area contributed by atoms with Crippen LogP contribution in [0.3, 0.4) is 0 Å². The molecule has 66 valence electrons. The maximum absolute atomic E-state index is 2.49. The summed E-state index contributed by atoms with van der Waals surface area (Å²) in [4.78, 5) is 0. The smallest absolute Gasteiger partial charge is 0.0300 e. The van der Waals surface area contributed by atoms with Gasteiger partial charge in [0.05, 0.1) is 0 Å². The lowest BCUT2D eigenvalue weighted by Gasteiger charge is -2.29. The molecule has 0 amide bonds.